The largest absolute Gasteiger partial charge is 0.351 e. The molecule has 5 heteroatoms. The van der Waals surface area contributed by atoms with E-state index in [4.69, 9.17) is 11.6 Å². The maximum atomic E-state index is 13.3. The zero-order valence-corrected chi connectivity index (χ0v) is 12.7. The van der Waals surface area contributed by atoms with Crippen molar-refractivity contribution in [1.29, 1.82) is 0 Å². The first-order chi connectivity index (χ1) is 8.40. The third-order valence-electron chi connectivity index (χ3n) is 2.39. The second-order valence-electron chi connectivity index (χ2n) is 4.57. The highest BCUT2D eigenvalue weighted by Crippen LogP contribution is 2.16. The van der Waals surface area contributed by atoms with Gasteiger partial charge in [-0.25, -0.2) is 4.39 Å². The summed E-state index contributed by atoms with van der Waals surface area (Å²) in [5.41, 5.74) is 0.295. The molecule has 0 radical (unpaired) electrons. The molecule has 1 amide bonds. The number of benzene rings is 1. The van der Waals surface area contributed by atoms with Crippen LogP contribution in [0.1, 0.15) is 30.6 Å². The average molecular weight is 337 g/mol. The van der Waals surface area contributed by atoms with Gasteiger partial charge in [-0.2, -0.15) is 0 Å². The number of nitrogens with one attached hydrogen (secondary N) is 1. The highest BCUT2D eigenvalue weighted by atomic mass is 79.9. The molecule has 100 valence electrons. The minimum Gasteiger partial charge on any atom is -0.351 e. The van der Waals surface area contributed by atoms with Crippen LogP contribution in [0.2, 0.25) is 0 Å². The van der Waals surface area contributed by atoms with Crippen LogP contribution >= 0.6 is 27.5 Å². The number of rotatable bonds is 5. The van der Waals surface area contributed by atoms with Crippen molar-refractivity contribution in [3.8, 4) is 0 Å². The van der Waals surface area contributed by atoms with E-state index in [1.54, 1.807) is 6.07 Å². The molecule has 0 heterocycles. The summed E-state index contributed by atoms with van der Waals surface area (Å²) in [4.78, 5) is 11.7. The number of hydrogen-bond acceptors (Lipinski definition) is 1. The Morgan fingerprint density at radius 3 is 2.72 bits per heavy atom. The van der Waals surface area contributed by atoms with Gasteiger partial charge in [0.15, 0.2) is 0 Å². The Bertz CT molecular complexity index is 425. The van der Waals surface area contributed by atoms with Crippen molar-refractivity contribution in [3.63, 3.8) is 0 Å². The number of carbonyl (C=O) groups is 1. The van der Waals surface area contributed by atoms with Gasteiger partial charge in [0, 0.05) is 12.1 Å². The molecule has 18 heavy (non-hydrogen) atoms. The van der Waals surface area contributed by atoms with Gasteiger partial charge in [0.2, 0.25) is 0 Å². The summed E-state index contributed by atoms with van der Waals surface area (Å²) in [6.45, 7) is 4.53. The Balaban J connectivity index is 2.52. The number of halogens is 3. The number of alkyl halides is 1. The van der Waals surface area contributed by atoms with Gasteiger partial charge < -0.3 is 5.32 Å². The van der Waals surface area contributed by atoms with Crippen LogP contribution < -0.4 is 5.32 Å². The molecule has 1 aromatic rings. The molecule has 1 atom stereocenters. The predicted octanol–water partition coefficient (Wildman–Crippen LogP) is 3.97. The predicted molar refractivity (Wildman–Crippen MR) is 75.5 cm³/mol. The zero-order chi connectivity index (χ0) is 13.7. The number of hydrogen-bond donors (Lipinski definition) is 1. The average Bonchev–Trinajstić information content (AvgIpc) is 2.28. The normalized spacial score (nSPS) is 12.6. The van der Waals surface area contributed by atoms with Crippen LogP contribution in [-0.2, 0) is 0 Å². The molecule has 0 bridgehead atoms. The molecule has 0 aromatic heterocycles. The van der Waals surface area contributed by atoms with E-state index in [0.29, 0.717) is 22.5 Å². The molecular weight excluding hydrogens is 321 g/mol. The molecule has 0 saturated carbocycles. The van der Waals surface area contributed by atoms with Crippen LogP contribution in [0.15, 0.2) is 22.7 Å². The van der Waals surface area contributed by atoms with Crippen molar-refractivity contribution in [2.75, 3.05) is 6.54 Å². The fraction of sp³-hybridized carbons (Fsp3) is 0.462. The summed E-state index contributed by atoms with van der Waals surface area (Å²) in [6, 6.07) is 4.27. The maximum Gasteiger partial charge on any atom is 0.251 e. The van der Waals surface area contributed by atoms with E-state index >= 15 is 0 Å². The molecule has 1 aromatic carbocycles. The van der Waals surface area contributed by atoms with E-state index in [2.05, 4.69) is 35.1 Å². The highest BCUT2D eigenvalue weighted by molar-refractivity contribution is 9.10. The molecule has 0 aliphatic carbocycles. The summed E-state index contributed by atoms with van der Waals surface area (Å²) in [7, 11) is 0. The first-order valence-corrected chi connectivity index (χ1v) is 7.00. The number of amides is 1. The van der Waals surface area contributed by atoms with Gasteiger partial charge in [-0.15, -0.1) is 11.6 Å². The van der Waals surface area contributed by atoms with Crippen LogP contribution in [0.25, 0.3) is 0 Å². The Labute approximate surface area is 120 Å². The molecule has 0 saturated heterocycles. The van der Waals surface area contributed by atoms with Crippen molar-refractivity contribution < 1.29 is 9.18 Å². The Morgan fingerprint density at radius 2 is 2.17 bits per heavy atom. The highest BCUT2D eigenvalue weighted by Gasteiger charge is 2.12. The van der Waals surface area contributed by atoms with Gasteiger partial charge in [-0.05, 0) is 46.5 Å². The van der Waals surface area contributed by atoms with Crippen LogP contribution in [0.4, 0.5) is 4.39 Å². The minimum atomic E-state index is -0.452. The lowest BCUT2D eigenvalue weighted by Gasteiger charge is -2.13. The van der Waals surface area contributed by atoms with Crippen molar-refractivity contribution >= 4 is 33.4 Å². The molecule has 1 N–H and O–H groups in total. The molecule has 0 fully saturated rings. The lowest BCUT2D eigenvalue weighted by molar-refractivity contribution is 0.0952. The first kappa shape index (κ1) is 15.4. The lowest BCUT2D eigenvalue weighted by Crippen LogP contribution is -2.30. The minimum absolute atomic E-state index is 0.103. The van der Waals surface area contributed by atoms with Gasteiger partial charge in [-0.1, -0.05) is 13.8 Å². The van der Waals surface area contributed by atoms with Crippen molar-refractivity contribution in [2.45, 2.75) is 25.6 Å². The van der Waals surface area contributed by atoms with E-state index in [1.165, 1.54) is 12.1 Å². The van der Waals surface area contributed by atoms with Crippen molar-refractivity contribution in [1.82, 2.24) is 5.32 Å². The van der Waals surface area contributed by atoms with Crippen LogP contribution in [0.3, 0.4) is 0 Å². The molecule has 1 rings (SSSR count). The maximum absolute atomic E-state index is 13.3. The number of carbonyl (C=O) groups excluding carboxylic acids is 1. The standard InChI is InChI=1S/C13H16BrClFNO/c1-8(2)5-10(15)7-17-13(18)9-3-4-11(14)12(16)6-9/h3-4,6,8,10H,5,7H2,1-2H3,(H,17,18). The van der Waals surface area contributed by atoms with E-state index in [1.807, 2.05) is 0 Å². The van der Waals surface area contributed by atoms with Crippen LogP contribution in [-0.4, -0.2) is 17.8 Å². The second kappa shape index (κ2) is 7.10. The third-order valence-corrected chi connectivity index (χ3v) is 3.37. The topological polar surface area (TPSA) is 29.1 Å². The second-order valence-corrected chi connectivity index (χ2v) is 6.04. The van der Waals surface area contributed by atoms with Crippen LogP contribution in [0, 0.1) is 11.7 Å². The molecule has 0 spiro atoms. The molecule has 2 nitrogen and oxygen atoms in total. The Kier molecular flexibility index (Phi) is 6.09. The van der Waals surface area contributed by atoms with Crippen molar-refractivity contribution in [2.24, 2.45) is 5.92 Å². The third kappa shape index (κ3) is 4.94. The van der Waals surface area contributed by atoms with Crippen molar-refractivity contribution in [3.05, 3.63) is 34.1 Å². The zero-order valence-electron chi connectivity index (χ0n) is 10.3. The Hall–Kier alpha value is -0.610. The van der Waals surface area contributed by atoms with E-state index in [-0.39, 0.29) is 11.3 Å². The molecule has 0 aliphatic rings. The lowest BCUT2D eigenvalue weighted by atomic mass is 10.1. The van der Waals surface area contributed by atoms with Gasteiger partial charge >= 0.3 is 0 Å². The van der Waals surface area contributed by atoms with Gasteiger partial charge in [0.25, 0.3) is 5.91 Å². The van der Waals surface area contributed by atoms with Gasteiger partial charge in [-0.3, -0.25) is 4.79 Å². The SMILES string of the molecule is CC(C)CC(Cl)CNC(=O)c1ccc(Br)c(F)c1. The molecule has 1 unspecified atom stereocenters. The first-order valence-electron chi connectivity index (χ1n) is 5.77. The van der Waals surface area contributed by atoms with Crippen LogP contribution in [0.5, 0.6) is 0 Å². The summed E-state index contributed by atoms with van der Waals surface area (Å²) in [6.07, 6.45) is 0.830. The van der Waals surface area contributed by atoms with E-state index in [0.717, 1.165) is 6.42 Å². The summed E-state index contributed by atoms with van der Waals surface area (Å²) < 4.78 is 13.6. The Morgan fingerprint density at radius 1 is 1.50 bits per heavy atom. The molecule has 0 aliphatic heterocycles. The van der Waals surface area contributed by atoms with Gasteiger partial charge in [0.05, 0.1) is 9.85 Å². The fourth-order valence-corrected chi connectivity index (χ4v) is 2.22. The quantitative estimate of drug-likeness (QED) is 0.810. The van der Waals surface area contributed by atoms with E-state index < -0.39 is 5.82 Å². The van der Waals surface area contributed by atoms with E-state index in [9.17, 15) is 9.18 Å². The summed E-state index contributed by atoms with van der Waals surface area (Å²) in [5.74, 6) is -0.280. The molecular formula is C13H16BrClFNO. The fourth-order valence-electron chi connectivity index (χ4n) is 1.54. The summed E-state index contributed by atoms with van der Waals surface area (Å²) in [5, 5.41) is 2.60. The smallest absolute Gasteiger partial charge is 0.251 e. The van der Waals surface area contributed by atoms with Gasteiger partial charge in [0.1, 0.15) is 5.82 Å². The monoisotopic (exact) mass is 335 g/mol. The summed E-state index contributed by atoms with van der Waals surface area (Å²) >= 11 is 9.11.